The van der Waals surface area contributed by atoms with E-state index in [1.165, 1.54) is 23.1 Å². The number of primary sulfonamides is 1. The number of likely N-dealkylation sites (N-methyl/N-ethyl adjacent to an activating group) is 1. The van der Waals surface area contributed by atoms with Gasteiger partial charge in [0.05, 0.1) is 24.2 Å². The number of hydrogen-bond acceptors (Lipinski definition) is 10. The number of sulfonamides is 1. The first-order valence-electron chi connectivity index (χ1n) is 12.6. The second kappa shape index (κ2) is 12.1. The summed E-state index contributed by atoms with van der Waals surface area (Å²) in [4.78, 5) is 15.1. The summed E-state index contributed by atoms with van der Waals surface area (Å²) in [5.74, 6) is 1.36. The van der Waals surface area contributed by atoms with Crippen molar-refractivity contribution in [3.8, 4) is 5.82 Å². The van der Waals surface area contributed by atoms with Crippen LogP contribution in [0.2, 0.25) is 0 Å². The summed E-state index contributed by atoms with van der Waals surface area (Å²) in [6, 6.07) is 27.6. The van der Waals surface area contributed by atoms with Gasteiger partial charge in [-0.25, -0.2) is 23.5 Å². The van der Waals surface area contributed by atoms with Gasteiger partial charge in [-0.1, -0.05) is 60.7 Å². The summed E-state index contributed by atoms with van der Waals surface area (Å²) in [6.07, 6.45) is 1.44. The molecule has 0 aliphatic rings. The van der Waals surface area contributed by atoms with Gasteiger partial charge in [-0.2, -0.15) is 9.67 Å². The highest BCUT2D eigenvalue weighted by Gasteiger charge is 2.21. The molecule has 0 bridgehead atoms. The Balaban J connectivity index is 1.35. The fraction of sp³-hybridized carbons (Fsp3) is 0.143. The van der Waals surface area contributed by atoms with Crippen LogP contribution in [-0.2, 0) is 21.4 Å². The summed E-state index contributed by atoms with van der Waals surface area (Å²) < 4.78 is 30.5. The standard InChI is InChI=1S/C28H29N9O3S/c1-36(24(21-10-6-3-7-11-21)18-40-17-20-8-4-2-5-9-20)25-16-26(32-19-31-25)37-27(29)34-28(35-37)33-22-12-14-23(15-13-22)41(30,38)39/h2-16,19,24H,17-18H2,1H3,(H2,30,38,39)(H3,29,33,34,35)/t24-/m1/s1. The van der Waals surface area contributed by atoms with Gasteiger partial charge in [-0.15, -0.1) is 5.10 Å². The first kappa shape index (κ1) is 27.7. The highest BCUT2D eigenvalue weighted by Crippen LogP contribution is 2.26. The molecule has 0 saturated carbocycles. The molecule has 0 unspecified atom stereocenters. The van der Waals surface area contributed by atoms with Crippen molar-refractivity contribution in [2.75, 3.05) is 29.6 Å². The number of anilines is 4. The lowest BCUT2D eigenvalue weighted by Gasteiger charge is -2.29. The van der Waals surface area contributed by atoms with Crippen LogP contribution in [0.15, 0.2) is 102 Å². The highest BCUT2D eigenvalue weighted by molar-refractivity contribution is 7.89. The van der Waals surface area contributed by atoms with E-state index in [0.717, 1.165) is 11.1 Å². The third-order valence-electron chi connectivity index (χ3n) is 6.33. The summed E-state index contributed by atoms with van der Waals surface area (Å²) in [5.41, 5.74) is 8.89. The van der Waals surface area contributed by atoms with Crippen LogP contribution in [0.5, 0.6) is 0 Å². The smallest absolute Gasteiger partial charge is 0.248 e. The first-order valence-corrected chi connectivity index (χ1v) is 14.2. The number of aromatic nitrogens is 5. The second-order valence-corrected chi connectivity index (χ2v) is 10.7. The maximum Gasteiger partial charge on any atom is 0.248 e. The SMILES string of the molecule is CN(c1cc(-n2nc(Nc3ccc(S(N)(=O)=O)cc3)nc2N)ncn1)[C@H](COCc1ccccc1)c1ccccc1. The fourth-order valence-electron chi connectivity index (χ4n) is 4.18. The Morgan fingerprint density at radius 1 is 0.976 bits per heavy atom. The molecule has 3 aromatic carbocycles. The maximum absolute atomic E-state index is 11.5. The first-order chi connectivity index (χ1) is 19.8. The van der Waals surface area contributed by atoms with E-state index in [1.54, 1.807) is 18.2 Å². The summed E-state index contributed by atoms with van der Waals surface area (Å²) in [6.45, 7) is 0.918. The highest BCUT2D eigenvalue weighted by atomic mass is 32.2. The van der Waals surface area contributed by atoms with E-state index in [0.29, 0.717) is 30.5 Å². The molecule has 41 heavy (non-hydrogen) atoms. The molecule has 0 aliphatic carbocycles. The molecule has 0 aliphatic heterocycles. The van der Waals surface area contributed by atoms with Gasteiger partial charge in [-0.05, 0) is 35.4 Å². The van der Waals surface area contributed by atoms with Crippen molar-refractivity contribution in [1.82, 2.24) is 24.7 Å². The van der Waals surface area contributed by atoms with Crippen LogP contribution in [0.25, 0.3) is 5.82 Å². The van der Waals surface area contributed by atoms with E-state index in [-0.39, 0.29) is 22.8 Å². The van der Waals surface area contributed by atoms with Crippen LogP contribution in [0.4, 0.5) is 23.4 Å². The number of ether oxygens (including phenoxy) is 1. The average Bonchev–Trinajstić information content (AvgIpc) is 3.35. The van der Waals surface area contributed by atoms with Crippen molar-refractivity contribution in [2.45, 2.75) is 17.5 Å². The minimum atomic E-state index is -3.79. The molecule has 210 valence electrons. The molecule has 5 rings (SSSR count). The Morgan fingerprint density at radius 2 is 1.66 bits per heavy atom. The second-order valence-electron chi connectivity index (χ2n) is 9.17. The molecule has 0 saturated heterocycles. The van der Waals surface area contributed by atoms with E-state index in [9.17, 15) is 8.42 Å². The van der Waals surface area contributed by atoms with Crippen LogP contribution >= 0.6 is 0 Å². The Hall–Kier alpha value is -4.85. The zero-order chi connectivity index (χ0) is 28.8. The number of nitrogen functional groups attached to an aromatic ring is 1. The van der Waals surface area contributed by atoms with E-state index in [1.807, 2.05) is 60.5 Å². The Bertz CT molecular complexity index is 1700. The van der Waals surface area contributed by atoms with Gasteiger partial charge in [0.2, 0.25) is 21.9 Å². The molecule has 0 radical (unpaired) electrons. The third-order valence-corrected chi connectivity index (χ3v) is 7.26. The van der Waals surface area contributed by atoms with Gasteiger partial charge in [0.1, 0.15) is 12.1 Å². The van der Waals surface area contributed by atoms with Crippen molar-refractivity contribution in [1.29, 1.82) is 0 Å². The fourth-order valence-corrected chi connectivity index (χ4v) is 4.69. The lowest BCUT2D eigenvalue weighted by molar-refractivity contribution is 0.106. The Morgan fingerprint density at radius 3 is 2.34 bits per heavy atom. The van der Waals surface area contributed by atoms with Crippen LogP contribution in [-0.4, -0.2) is 46.8 Å². The lowest BCUT2D eigenvalue weighted by atomic mass is 10.1. The molecule has 5 aromatic rings. The number of nitrogens with one attached hydrogen (secondary N) is 1. The van der Waals surface area contributed by atoms with Crippen molar-refractivity contribution in [2.24, 2.45) is 5.14 Å². The van der Waals surface area contributed by atoms with E-state index in [2.05, 4.69) is 37.5 Å². The van der Waals surface area contributed by atoms with Gasteiger partial charge in [-0.3, -0.25) is 0 Å². The van der Waals surface area contributed by atoms with Crippen LogP contribution in [0.1, 0.15) is 17.2 Å². The monoisotopic (exact) mass is 571 g/mol. The van der Waals surface area contributed by atoms with Gasteiger partial charge in [0.15, 0.2) is 5.82 Å². The van der Waals surface area contributed by atoms with Gasteiger partial charge < -0.3 is 20.7 Å². The van der Waals surface area contributed by atoms with Crippen molar-refractivity contribution < 1.29 is 13.2 Å². The quantitative estimate of drug-likeness (QED) is 0.214. The molecule has 5 N–H and O–H groups in total. The summed E-state index contributed by atoms with van der Waals surface area (Å²) in [7, 11) is -1.85. The maximum atomic E-state index is 11.5. The predicted molar refractivity (Wildman–Crippen MR) is 156 cm³/mol. The number of nitrogens with zero attached hydrogens (tertiary/aromatic N) is 6. The molecule has 0 spiro atoms. The number of benzene rings is 3. The van der Waals surface area contributed by atoms with Crippen molar-refractivity contribution in [3.05, 3.63) is 108 Å². The largest absolute Gasteiger partial charge is 0.374 e. The minimum Gasteiger partial charge on any atom is -0.374 e. The summed E-state index contributed by atoms with van der Waals surface area (Å²) in [5, 5.41) is 12.6. The molecular weight excluding hydrogens is 542 g/mol. The van der Waals surface area contributed by atoms with Gasteiger partial charge in [0, 0.05) is 18.8 Å². The molecule has 1 atom stereocenters. The van der Waals surface area contributed by atoms with Crippen molar-refractivity contribution in [3.63, 3.8) is 0 Å². The zero-order valence-corrected chi connectivity index (χ0v) is 23.0. The molecule has 0 fully saturated rings. The topological polar surface area (TPSA) is 167 Å². The minimum absolute atomic E-state index is 0.00189. The van der Waals surface area contributed by atoms with E-state index < -0.39 is 10.0 Å². The van der Waals surface area contributed by atoms with Gasteiger partial charge in [0.25, 0.3) is 0 Å². The van der Waals surface area contributed by atoms with E-state index in [4.69, 9.17) is 15.6 Å². The Kier molecular flexibility index (Phi) is 8.19. The molecule has 12 nitrogen and oxygen atoms in total. The zero-order valence-electron chi connectivity index (χ0n) is 22.2. The third kappa shape index (κ3) is 6.84. The normalized spacial score (nSPS) is 12.1. The number of hydrogen-bond donors (Lipinski definition) is 3. The van der Waals surface area contributed by atoms with Crippen LogP contribution in [0.3, 0.4) is 0 Å². The number of nitrogens with two attached hydrogens (primary N) is 2. The molecule has 2 heterocycles. The van der Waals surface area contributed by atoms with Crippen LogP contribution < -0.4 is 21.1 Å². The Labute approximate surface area is 237 Å². The summed E-state index contributed by atoms with van der Waals surface area (Å²) >= 11 is 0. The van der Waals surface area contributed by atoms with Gasteiger partial charge >= 0.3 is 0 Å². The molecule has 2 aromatic heterocycles. The lowest BCUT2D eigenvalue weighted by Crippen LogP contribution is -2.29. The average molecular weight is 572 g/mol. The van der Waals surface area contributed by atoms with E-state index >= 15 is 0 Å². The molecular formula is C28H29N9O3S. The predicted octanol–water partition coefficient (Wildman–Crippen LogP) is 3.42. The van der Waals surface area contributed by atoms with Crippen molar-refractivity contribution >= 4 is 33.4 Å². The number of rotatable bonds is 11. The molecule has 13 heteroatoms. The van der Waals surface area contributed by atoms with Crippen LogP contribution in [0, 0.1) is 0 Å². The molecule has 0 amide bonds.